The normalized spacial score (nSPS) is 12.0. The van der Waals surface area contributed by atoms with Gasteiger partial charge in [-0.1, -0.05) is 29.5 Å². The van der Waals surface area contributed by atoms with Gasteiger partial charge in [0.05, 0.1) is 53.8 Å². The lowest BCUT2D eigenvalue weighted by Crippen LogP contribution is -2.38. The van der Waals surface area contributed by atoms with Crippen LogP contribution < -0.4 is 16.2 Å². The van der Waals surface area contributed by atoms with Crippen LogP contribution in [-0.4, -0.2) is 53.5 Å². The van der Waals surface area contributed by atoms with Crippen molar-refractivity contribution in [2.45, 2.75) is 26.4 Å². The zero-order valence-corrected chi connectivity index (χ0v) is 23.7. The maximum absolute atomic E-state index is 13.9. The van der Waals surface area contributed by atoms with Crippen molar-refractivity contribution in [3.05, 3.63) is 107 Å². The highest BCUT2D eigenvalue weighted by Crippen LogP contribution is 2.27. The highest BCUT2D eigenvalue weighted by Gasteiger charge is 2.18. The van der Waals surface area contributed by atoms with E-state index in [0.717, 1.165) is 44.5 Å². The van der Waals surface area contributed by atoms with Crippen LogP contribution in [0.2, 0.25) is 0 Å². The molecule has 11 nitrogen and oxygen atoms in total. The van der Waals surface area contributed by atoms with Gasteiger partial charge in [-0.05, 0) is 61.9 Å². The predicted octanol–water partition coefficient (Wildman–Crippen LogP) is 4.08. The Bertz CT molecular complexity index is 2000. The zero-order chi connectivity index (χ0) is 30.1. The van der Waals surface area contributed by atoms with Crippen LogP contribution in [0, 0.1) is 12.7 Å². The summed E-state index contributed by atoms with van der Waals surface area (Å²) in [5.41, 5.74) is 5.77. The van der Waals surface area contributed by atoms with Crippen LogP contribution in [0.25, 0.3) is 39.1 Å². The molecule has 0 aliphatic carbocycles. The Balaban J connectivity index is 1.41. The molecule has 2 aromatic carbocycles. The number of likely N-dealkylation sites (N-methyl/N-ethyl adjacent to an activating group) is 1. The van der Waals surface area contributed by atoms with Crippen LogP contribution in [0.4, 0.5) is 10.2 Å². The molecule has 12 heteroatoms. The number of H-pyrrole nitrogens is 1. The Kier molecular flexibility index (Phi) is 7.34. The first kappa shape index (κ1) is 27.7. The molecule has 216 valence electrons. The monoisotopic (exact) mass is 577 g/mol. The molecule has 0 radical (unpaired) electrons. The SMILES string of the molecule is CN[C@@H](C)C(=O)Nc1ncc(-c2ccc(-c3cnn[nH]3)cc2)n(Cc2cncc(-n3cc(C)c4cc(F)ccc43)c2)c1=O. The third-order valence-electron chi connectivity index (χ3n) is 7.39. The first-order valence-electron chi connectivity index (χ1n) is 13.6. The number of aromatic amines is 1. The third-order valence-corrected chi connectivity index (χ3v) is 7.39. The van der Waals surface area contributed by atoms with Gasteiger partial charge < -0.3 is 15.2 Å². The molecular formula is C31H28FN9O2. The van der Waals surface area contributed by atoms with Gasteiger partial charge in [-0.25, -0.2) is 9.37 Å². The third kappa shape index (κ3) is 5.43. The number of carbonyl (C=O) groups is 1. The lowest BCUT2D eigenvalue weighted by atomic mass is 10.1. The lowest BCUT2D eigenvalue weighted by molar-refractivity contribution is -0.117. The van der Waals surface area contributed by atoms with E-state index in [1.807, 2.05) is 48.0 Å². The quantitative estimate of drug-likeness (QED) is 0.248. The Labute approximate surface area is 245 Å². The summed E-state index contributed by atoms with van der Waals surface area (Å²) in [6.07, 6.45) is 8.54. The number of hydrogen-bond acceptors (Lipinski definition) is 7. The van der Waals surface area contributed by atoms with E-state index in [4.69, 9.17) is 0 Å². The number of carbonyl (C=O) groups excluding carboxylic acids is 1. The van der Waals surface area contributed by atoms with Crippen molar-refractivity contribution < 1.29 is 9.18 Å². The summed E-state index contributed by atoms with van der Waals surface area (Å²) in [4.78, 5) is 35.2. The number of aromatic nitrogens is 7. The number of hydrogen-bond donors (Lipinski definition) is 3. The van der Waals surface area contributed by atoms with E-state index in [1.54, 1.807) is 49.4 Å². The highest BCUT2D eigenvalue weighted by molar-refractivity contribution is 5.93. The van der Waals surface area contributed by atoms with Gasteiger partial charge in [0.2, 0.25) is 5.91 Å². The molecule has 6 aromatic rings. The number of aryl methyl sites for hydroxylation is 1. The van der Waals surface area contributed by atoms with Gasteiger partial charge >= 0.3 is 0 Å². The molecule has 4 heterocycles. The van der Waals surface area contributed by atoms with Gasteiger partial charge in [0, 0.05) is 23.3 Å². The number of benzene rings is 2. The van der Waals surface area contributed by atoms with Gasteiger partial charge in [0.25, 0.3) is 5.56 Å². The summed E-state index contributed by atoms with van der Waals surface area (Å²) >= 11 is 0. The molecule has 1 amide bonds. The zero-order valence-electron chi connectivity index (χ0n) is 23.7. The molecule has 6 rings (SSSR count). The van der Waals surface area contributed by atoms with Crippen molar-refractivity contribution in [2.75, 3.05) is 12.4 Å². The Morgan fingerprint density at radius 2 is 1.84 bits per heavy atom. The number of amides is 1. The second-order valence-corrected chi connectivity index (χ2v) is 10.2. The van der Waals surface area contributed by atoms with Gasteiger partial charge in [-0.15, -0.1) is 5.10 Å². The fourth-order valence-corrected chi connectivity index (χ4v) is 4.93. The topological polar surface area (TPSA) is 135 Å². The molecule has 0 aliphatic rings. The fraction of sp³-hybridized carbons (Fsp3) is 0.161. The Hall–Kier alpha value is -5.49. The van der Waals surface area contributed by atoms with Crippen LogP contribution in [-0.2, 0) is 11.3 Å². The predicted molar refractivity (Wildman–Crippen MR) is 161 cm³/mol. The number of pyridine rings is 1. The molecule has 0 aliphatic heterocycles. The molecule has 0 unspecified atom stereocenters. The summed E-state index contributed by atoms with van der Waals surface area (Å²) in [5, 5.41) is 16.7. The van der Waals surface area contributed by atoms with Gasteiger partial charge in [-0.3, -0.25) is 24.2 Å². The summed E-state index contributed by atoms with van der Waals surface area (Å²) in [6.45, 7) is 3.77. The van der Waals surface area contributed by atoms with Gasteiger partial charge in [0.15, 0.2) is 5.82 Å². The minimum absolute atomic E-state index is 0.0748. The molecule has 43 heavy (non-hydrogen) atoms. The van der Waals surface area contributed by atoms with E-state index in [2.05, 4.69) is 36.0 Å². The molecular weight excluding hydrogens is 549 g/mol. The summed E-state index contributed by atoms with van der Waals surface area (Å²) in [7, 11) is 1.66. The molecule has 0 bridgehead atoms. The van der Waals surface area contributed by atoms with Gasteiger partial charge in [-0.2, -0.15) is 0 Å². The van der Waals surface area contributed by atoms with E-state index < -0.39 is 11.6 Å². The van der Waals surface area contributed by atoms with Crippen LogP contribution in [0.3, 0.4) is 0 Å². The summed E-state index contributed by atoms with van der Waals surface area (Å²) < 4.78 is 17.4. The fourth-order valence-electron chi connectivity index (χ4n) is 4.93. The lowest BCUT2D eigenvalue weighted by Gasteiger charge is -2.16. The summed E-state index contributed by atoms with van der Waals surface area (Å²) in [5.74, 6) is -0.751. The second kappa shape index (κ2) is 11.4. The van der Waals surface area contributed by atoms with E-state index in [1.165, 1.54) is 12.1 Å². The summed E-state index contributed by atoms with van der Waals surface area (Å²) in [6, 6.07) is 13.6. The van der Waals surface area contributed by atoms with Gasteiger partial charge in [0.1, 0.15) is 5.82 Å². The smallest absolute Gasteiger partial charge is 0.294 e. The maximum Gasteiger partial charge on any atom is 0.294 e. The highest BCUT2D eigenvalue weighted by atomic mass is 19.1. The first-order chi connectivity index (χ1) is 20.8. The minimum Gasteiger partial charge on any atom is -0.315 e. The largest absolute Gasteiger partial charge is 0.315 e. The van der Waals surface area contributed by atoms with Crippen molar-refractivity contribution in [3.8, 4) is 28.2 Å². The maximum atomic E-state index is 13.9. The number of anilines is 1. The number of nitrogens with one attached hydrogen (secondary N) is 3. The Morgan fingerprint density at radius 3 is 2.58 bits per heavy atom. The van der Waals surface area contributed by atoms with Crippen LogP contribution in [0.15, 0.2) is 84.3 Å². The molecule has 0 spiro atoms. The molecule has 0 saturated heterocycles. The van der Waals surface area contributed by atoms with Crippen LogP contribution >= 0.6 is 0 Å². The van der Waals surface area contributed by atoms with Crippen molar-refractivity contribution in [2.24, 2.45) is 0 Å². The standard InChI is InChI=1S/C31H28FN9O2/c1-18-16-40(27-9-8-23(32)11-25(18)27)24-10-20(12-34-13-24)17-41-28(15-35-29(31(41)43)37-30(42)19(2)33-3)22-6-4-21(5-7-22)26-14-36-39-38-26/h4-16,19,33H,17H2,1-3H3,(H,35,37,42)(H,36,38,39)/t19-/m0/s1. The first-order valence-corrected chi connectivity index (χ1v) is 13.6. The van der Waals surface area contributed by atoms with Crippen molar-refractivity contribution in [1.82, 2.24) is 39.8 Å². The average molecular weight is 578 g/mol. The van der Waals surface area contributed by atoms with E-state index in [-0.39, 0.29) is 24.1 Å². The van der Waals surface area contributed by atoms with Crippen LogP contribution in [0.5, 0.6) is 0 Å². The van der Waals surface area contributed by atoms with Crippen molar-refractivity contribution in [3.63, 3.8) is 0 Å². The molecule has 0 fully saturated rings. The number of fused-ring (bicyclic) bond motifs is 1. The minimum atomic E-state index is -0.520. The van der Waals surface area contributed by atoms with Crippen LogP contribution in [0.1, 0.15) is 18.1 Å². The molecule has 3 N–H and O–H groups in total. The van der Waals surface area contributed by atoms with E-state index >= 15 is 0 Å². The average Bonchev–Trinajstić information content (AvgIpc) is 3.67. The second-order valence-electron chi connectivity index (χ2n) is 10.2. The van der Waals surface area contributed by atoms with E-state index in [9.17, 15) is 14.0 Å². The number of nitrogens with zero attached hydrogens (tertiary/aromatic N) is 6. The number of rotatable bonds is 8. The molecule has 1 atom stereocenters. The van der Waals surface area contributed by atoms with Crippen molar-refractivity contribution in [1.29, 1.82) is 0 Å². The molecule has 0 saturated carbocycles. The molecule has 4 aromatic heterocycles. The Morgan fingerprint density at radius 1 is 1.05 bits per heavy atom. The van der Waals surface area contributed by atoms with Crippen molar-refractivity contribution >= 4 is 22.6 Å². The van der Waals surface area contributed by atoms with E-state index in [0.29, 0.717) is 5.69 Å². The number of halogens is 1.